The van der Waals surface area contributed by atoms with Crippen molar-refractivity contribution in [1.29, 1.82) is 0 Å². The predicted molar refractivity (Wildman–Crippen MR) is 63.4 cm³/mol. The van der Waals surface area contributed by atoms with E-state index in [2.05, 4.69) is 29.2 Å². The first-order chi connectivity index (χ1) is 8.76. The van der Waals surface area contributed by atoms with Crippen LogP contribution >= 0.6 is 12.6 Å². The van der Waals surface area contributed by atoms with Crippen molar-refractivity contribution in [2.75, 3.05) is 5.75 Å². The van der Waals surface area contributed by atoms with E-state index in [0.29, 0.717) is 17.7 Å². The summed E-state index contributed by atoms with van der Waals surface area (Å²) in [5.74, 6) is 5.44. The van der Waals surface area contributed by atoms with Crippen LogP contribution in [0.25, 0.3) is 0 Å². The third kappa shape index (κ3) is 4.63. The van der Waals surface area contributed by atoms with E-state index >= 15 is 0 Å². The highest BCUT2D eigenvalue weighted by Gasteiger charge is 2.61. The number of halogens is 5. The monoisotopic (exact) mass is 296 g/mol. The molecule has 0 spiro atoms. The van der Waals surface area contributed by atoms with Crippen LogP contribution in [0.15, 0.2) is 24.3 Å². The highest BCUT2D eigenvalue weighted by atomic mass is 32.1. The summed E-state index contributed by atoms with van der Waals surface area (Å²) in [6.45, 7) is 0. The number of thiol groups is 1. The van der Waals surface area contributed by atoms with Crippen molar-refractivity contribution in [1.82, 2.24) is 0 Å². The minimum absolute atomic E-state index is 0.490. The Morgan fingerprint density at radius 3 is 2.11 bits per heavy atom. The largest absolute Gasteiger partial charge is 0.499 e. The summed E-state index contributed by atoms with van der Waals surface area (Å²) >= 11 is 3.94. The zero-order valence-corrected chi connectivity index (χ0v) is 10.4. The van der Waals surface area contributed by atoms with Gasteiger partial charge >= 0.3 is 12.3 Å². The second-order valence-corrected chi connectivity index (χ2v) is 3.86. The van der Waals surface area contributed by atoms with Crippen LogP contribution in [-0.2, 0) is 0 Å². The Morgan fingerprint density at radius 2 is 1.63 bits per heavy atom. The Hall–Kier alpha value is -1.42. The fraction of sp³-hybridized carbons (Fsp3) is 0.333. The molecule has 0 saturated heterocycles. The van der Waals surface area contributed by atoms with Gasteiger partial charge in [0, 0.05) is 17.7 Å². The molecule has 0 bridgehead atoms. The van der Waals surface area contributed by atoms with Gasteiger partial charge in [-0.25, -0.2) is 0 Å². The van der Waals surface area contributed by atoms with Crippen LogP contribution in [-0.4, -0.2) is 18.0 Å². The Labute approximate surface area is 112 Å². The van der Waals surface area contributed by atoms with Gasteiger partial charge in [0.1, 0.15) is 5.75 Å². The summed E-state index contributed by atoms with van der Waals surface area (Å²) in [6, 6.07) is 4.61. The number of rotatable bonds is 3. The van der Waals surface area contributed by atoms with Gasteiger partial charge in [-0.1, -0.05) is 11.8 Å². The van der Waals surface area contributed by atoms with Crippen molar-refractivity contribution >= 4 is 12.6 Å². The molecule has 0 saturated carbocycles. The number of alkyl halides is 5. The first kappa shape index (κ1) is 15.6. The van der Waals surface area contributed by atoms with Crippen molar-refractivity contribution in [3.8, 4) is 17.6 Å². The number of hydrogen-bond donors (Lipinski definition) is 1. The minimum Gasteiger partial charge on any atom is -0.426 e. The molecule has 0 N–H and O–H groups in total. The Morgan fingerprint density at radius 1 is 1.05 bits per heavy atom. The van der Waals surface area contributed by atoms with Crippen molar-refractivity contribution < 1.29 is 26.7 Å². The van der Waals surface area contributed by atoms with E-state index in [-0.39, 0.29) is 0 Å². The van der Waals surface area contributed by atoms with Gasteiger partial charge in [-0.2, -0.15) is 34.6 Å². The first-order valence-corrected chi connectivity index (χ1v) is 5.73. The van der Waals surface area contributed by atoms with Crippen molar-refractivity contribution in [2.45, 2.75) is 18.7 Å². The second kappa shape index (κ2) is 6.15. The fourth-order valence-electron chi connectivity index (χ4n) is 1.03. The Kier molecular flexibility index (Phi) is 5.06. The first-order valence-electron chi connectivity index (χ1n) is 5.09. The molecule has 0 fully saturated rings. The van der Waals surface area contributed by atoms with Crippen molar-refractivity contribution in [3.63, 3.8) is 0 Å². The molecule has 0 aliphatic carbocycles. The van der Waals surface area contributed by atoms with E-state index in [1.165, 1.54) is 12.1 Å². The number of ether oxygens (including phenoxy) is 1. The molecule has 1 rings (SSSR count). The maximum atomic E-state index is 12.6. The van der Waals surface area contributed by atoms with Gasteiger partial charge in [0.25, 0.3) is 0 Å². The highest BCUT2D eigenvalue weighted by molar-refractivity contribution is 7.80. The van der Waals surface area contributed by atoms with Crippen LogP contribution in [0.3, 0.4) is 0 Å². The smallest absolute Gasteiger partial charge is 0.426 e. The normalized spacial score (nSPS) is 11.7. The number of hydrogen-bond acceptors (Lipinski definition) is 2. The van der Waals surface area contributed by atoms with Crippen LogP contribution in [0.2, 0.25) is 0 Å². The third-order valence-corrected chi connectivity index (χ3v) is 2.12. The van der Waals surface area contributed by atoms with Crippen molar-refractivity contribution in [3.05, 3.63) is 29.8 Å². The molecule has 104 valence electrons. The lowest BCUT2D eigenvalue weighted by molar-refractivity contribution is -0.360. The molecule has 0 aliphatic rings. The molecule has 0 unspecified atom stereocenters. The van der Waals surface area contributed by atoms with E-state index in [1.54, 1.807) is 0 Å². The number of benzene rings is 1. The fourth-order valence-corrected chi connectivity index (χ4v) is 1.14. The molecule has 1 aromatic rings. The third-order valence-electron chi connectivity index (χ3n) is 1.90. The lowest BCUT2D eigenvalue weighted by Crippen LogP contribution is -2.41. The molecule has 0 atom stereocenters. The Bertz CT molecular complexity index is 470. The molecule has 1 nitrogen and oxygen atoms in total. The van der Waals surface area contributed by atoms with Crippen LogP contribution in [0.4, 0.5) is 22.0 Å². The summed E-state index contributed by atoms with van der Waals surface area (Å²) < 4.78 is 64.5. The lowest BCUT2D eigenvalue weighted by atomic mass is 10.2. The summed E-state index contributed by atoms with van der Waals surface area (Å²) in [4.78, 5) is 0. The summed E-state index contributed by atoms with van der Waals surface area (Å²) in [5, 5.41) is 0. The molecule has 0 radical (unpaired) electrons. The van der Waals surface area contributed by atoms with Gasteiger partial charge < -0.3 is 4.74 Å². The quantitative estimate of drug-likeness (QED) is 0.506. The molecule has 0 heterocycles. The van der Waals surface area contributed by atoms with Crippen LogP contribution in [0, 0.1) is 11.8 Å². The Balaban J connectivity index is 2.76. The predicted octanol–water partition coefficient (Wildman–Crippen LogP) is 3.89. The molecule has 0 aromatic heterocycles. The average molecular weight is 296 g/mol. The van der Waals surface area contributed by atoms with Crippen LogP contribution in [0.1, 0.15) is 12.0 Å². The second-order valence-electron chi connectivity index (χ2n) is 3.42. The molecule has 1 aromatic carbocycles. The summed E-state index contributed by atoms with van der Waals surface area (Å²) in [7, 11) is 0. The van der Waals surface area contributed by atoms with E-state index in [0.717, 1.165) is 12.1 Å². The van der Waals surface area contributed by atoms with E-state index in [1.807, 2.05) is 0 Å². The molecule has 0 aliphatic heterocycles. The molecular formula is C12H9F5OS. The van der Waals surface area contributed by atoms with E-state index < -0.39 is 18.0 Å². The van der Waals surface area contributed by atoms with Gasteiger partial charge in [-0.3, -0.25) is 0 Å². The summed E-state index contributed by atoms with van der Waals surface area (Å²) in [5.41, 5.74) is 0.490. The average Bonchev–Trinajstić information content (AvgIpc) is 2.30. The van der Waals surface area contributed by atoms with Crippen molar-refractivity contribution in [2.24, 2.45) is 0 Å². The van der Waals surface area contributed by atoms with Crippen LogP contribution in [0.5, 0.6) is 5.75 Å². The SMILES string of the molecule is FC(F)(F)C(F)(F)Oc1ccc(C#CCCS)cc1. The molecule has 7 heteroatoms. The zero-order chi connectivity index (χ0) is 14.5. The molecule has 19 heavy (non-hydrogen) atoms. The lowest BCUT2D eigenvalue weighted by Gasteiger charge is -2.20. The maximum absolute atomic E-state index is 12.6. The van der Waals surface area contributed by atoms with Gasteiger partial charge in [0.05, 0.1) is 0 Å². The minimum atomic E-state index is -5.75. The van der Waals surface area contributed by atoms with Gasteiger partial charge in [0.2, 0.25) is 0 Å². The molecular weight excluding hydrogens is 287 g/mol. The zero-order valence-electron chi connectivity index (χ0n) is 9.47. The van der Waals surface area contributed by atoms with Gasteiger partial charge in [-0.05, 0) is 24.3 Å². The summed E-state index contributed by atoms with van der Waals surface area (Å²) in [6.07, 6.45) is -10.4. The van der Waals surface area contributed by atoms with E-state index in [9.17, 15) is 22.0 Å². The highest BCUT2D eigenvalue weighted by Crippen LogP contribution is 2.37. The maximum Gasteiger partial charge on any atom is 0.499 e. The van der Waals surface area contributed by atoms with Gasteiger partial charge in [0.15, 0.2) is 0 Å². The topological polar surface area (TPSA) is 9.23 Å². The molecule has 0 amide bonds. The van der Waals surface area contributed by atoms with Crippen LogP contribution < -0.4 is 4.74 Å². The van der Waals surface area contributed by atoms with E-state index in [4.69, 9.17) is 0 Å². The standard InChI is InChI=1S/C12H9F5OS/c13-11(14,15)12(16,17)18-10-6-4-9(5-7-10)3-1-2-8-19/h4-7,19H,2,8H2. The van der Waals surface area contributed by atoms with Gasteiger partial charge in [-0.15, -0.1) is 0 Å².